The van der Waals surface area contributed by atoms with Gasteiger partial charge in [0.2, 0.25) is 5.95 Å². The summed E-state index contributed by atoms with van der Waals surface area (Å²) in [5, 5.41) is 10.2. The topological polar surface area (TPSA) is 75.9 Å². The minimum atomic E-state index is 0.562. The van der Waals surface area contributed by atoms with E-state index in [1.807, 2.05) is 19.1 Å². The van der Waals surface area contributed by atoms with Crippen molar-refractivity contribution in [2.45, 2.75) is 20.4 Å². The molecule has 0 bridgehead atoms. The van der Waals surface area contributed by atoms with Gasteiger partial charge in [0, 0.05) is 18.8 Å². The number of nitrogens with one attached hydrogen (secondary N) is 2. The van der Waals surface area contributed by atoms with Gasteiger partial charge in [0.25, 0.3) is 0 Å². The van der Waals surface area contributed by atoms with Gasteiger partial charge in [-0.05, 0) is 25.5 Å². The molecule has 0 aliphatic heterocycles. The van der Waals surface area contributed by atoms with E-state index < -0.39 is 0 Å². The highest BCUT2D eigenvalue weighted by atomic mass is 16.5. The van der Waals surface area contributed by atoms with Gasteiger partial charge in [-0.1, -0.05) is 35.0 Å². The average molecular weight is 295 g/mol. The highest BCUT2D eigenvalue weighted by Gasteiger charge is 2.03. The number of hydrogen-bond donors (Lipinski definition) is 2. The standard InChI is InChI=1S/C16H17N5O/c1-11-4-3-5-13(8-11)10-18-16-17-7-6-14(20-16)19-15-9-12(2)22-21-15/h3-9H,10H2,1-2H3,(H2,17,18,19,20,21). The van der Waals surface area contributed by atoms with Gasteiger partial charge in [0.05, 0.1) is 0 Å². The van der Waals surface area contributed by atoms with Crippen LogP contribution in [0.1, 0.15) is 16.9 Å². The Hall–Kier alpha value is -2.89. The summed E-state index contributed by atoms with van der Waals surface area (Å²) >= 11 is 0. The molecule has 0 aliphatic carbocycles. The van der Waals surface area contributed by atoms with Gasteiger partial charge in [-0.3, -0.25) is 0 Å². The Morgan fingerprint density at radius 1 is 1.09 bits per heavy atom. The van der Waals surface area contributed by atoms with Gasteiger partial charge in [0.1, 0.15) is 11.6 Å². The number of rotatable bonds is 5. The highest BCUT2D eigenvalue weighted by Crippen LogP contribution is 2.15. The molecular weight excluding hydrogens is 278 g/mol. The van der Waals surface area contributed by atoms with Crippen molar-refractivity contribution in [1.29, 1.82) is 0 Å². The molecule has 2 N–H and O–H groups in total. The van der Waals surface area contributed by atoms with Gasteiger partial charge in [-0.25, -0.2) is 4.98 Å². The van der Waals surface area contributed by atoms with Crippen LogP contribution in [0.25, 0.3) is 0 Å². The Labute approximate surface area is 128 Å². The molecule has 0 saturated carbocycles. The van der Waals surface area contributed by atoms with Crippen molar-refractivity contribution in [1.82, 2.24) is 15.1 Å². The molecule has 0 amide bonds. The van der Waals surface area contributed by atoms with E-state index in [9.17, 15) is 0 Å². The van der Waals surface area contributed by atoms with Gasteiger partial charge in [-0.15, -0.1) is 0 Å². The minimum Gasteiger partial charge on any atom is -0.360 e. The summed E-state index contributed by atoms with van der Waals surface area (Å²) in [6.45, 7) is 4.59. The fourth-order valence-corrected chi connectivity index (χ4v) is 2.07. The Bertz CT molecular complexity index is 768. The number of anilines is 3. The molecule has 3 rings (SSSR count). The fraction of sp³-hybridized carbons (Fsp3) is 0.188. The van der Waals surface area contributed by atoms with Crippen molar-refractivity contribution in [3.63, 3.8) is 0 Å². The SMILES string of the molecule is Cc1cccc(CNc2nccc(Nc3cc(C)on3)n2)c1. The maximum Gasteiger partial charge on any atom is 0.224 e. The van der Waals surface area contributed by atoms with E-state index in [1.165, 1.54) is 11.1 Å². The number of aromatic nitrogens is 3. The molecule has 22 heavy (non-hydrogen) atoms. The number of nitrogens with zero attached hydrogens (tertiary/aromatic N) is 3. The van der Waals surface area contributed by atoms with Crippen LogP contribution in [0, 0.1) is 13.8 Å². The van der Waals surface area contributed by atoms with E-state index in [-0.39, 0.29) is 0 Å². The maximum absolute atomic E-state index is 5.01. The van der Waals surface area contributed by atoms with E-state index in [0.717, 1.165) is 5.76 Å². The van der Waals surface area contributed by atoms with Gasteiger partial charge >= 0.3 is 0 Å². The molecule has 0 spiro atoms. The molecular formula is C16H17N5O. The summed E-state index contributed by atoms with van der Waals surface area (Å²) in [7, 11) is 0. The first kappa shape index (κ1) is 14.1. The molecule has 0 unspecified atom stereocenters. The van der Waals surface area contributed by atoms with Crippen LogP contribution in [-0.4, -0.2) is 15.1 Å². The molecule has 1 aromatic carbocycles. The zero-order valence-corrected chi connectivity index (χ0v) is 12.5. The number of aryl methyl sites for hydroxylation is 2. The van der Waals surface area contributed by atoms with Crippen molar-refractivity contribution in [3.8, 4) is 0 Å². The molecule has 0 atom stereocenters. The van der Waals surface area contributed by atoms with Gasteiger partial charge in [-0.2, -0.15) is 4.98 Å². The Morgan fingerprint density at radius 3 is 2.77 bits per heavy atom. The molecule has 0 fully saturated rings. The fourth-order valence-electron chi connectivity index (χ4n) is 2.07. The normalized spacial score (nSPS) is 10.5. The van der Waals surface area contributed by atoms with Crippen LogP contribution in [0.4, 0.5) is 17.6 Å². The lowest BCUT2D eigenvalue weighted by molar-refractivity contribution is 0.400. The minimum absolute atomic E-state index is 0.562. The highest BCUT2D eigenvalue weighted by molar-refractivity contribution is 5.52. The third-order valence-corrected chi connectivity index (χ3v) is 3.07. The van der Waals surface area contributed by atoms with Crippen LogP contribution in [0.5, 0.6) is 0 Å². The third kappa shape index (κ3) is 3.60. The van der Waals surface area contributed by atoms with E-state index in [2.05, 4.69) is 50.9 Å². The predicted molar refractivity (Wildman–Crippen MR) is 85.1 cm³/mol. The van der Waals surface area contributed by atoms with Crippen molar-refractivity contribution in [2.75, 3.05) is 10.6 Å². The first-order valence-corrected chi connectivity index (χ1v) is 7.02. The second kappa shape index (κ2) is 6.26. The lowest BCUT2D eigenvalue weighted by Gasteiger charge is -2.07. The quantitative estimate of drug-likeness (QED) is 0.751. The zero-order chi connectivity index (χ0) is 15.4. The van der Waals surface area contributed by atoms with Gasteiger partial charge in [0.15, 0.2) is 5.82 Å². The van der Waals surface area contributed by atoms with Gasteiger partial charge < -0.3 is 15.2 Å². The lowest BCUT2D eigenvalue weighted by atomic mass is 10.1. The van der Waals surface area contributed by atoms with Crippen LogP contribution < -0.4 is 10.6 Å². The Balaban J connectivity index is 1.66. The molecule has 0 radical (unpaired) electrons. The first-order valence-electron chi connectivity index (χ1n) is 7.02. The molecule has 2 aromatic heterocycles. The Kier molecular flexibility index (Phi) is 4.00. The molecule has 112 valence electrons. The van der Waals surface area contributed by atoms with Crippen LogP contribution in [0.3, 0.4) is 0 Å². The summed E-state index contributed by atoms with van der Waals surface area (Å²) < 4.78 is 5.01. The Morgan fingerprint density at radius 2 is 2.00 bits per heavy atom. The zero-order valence-electron chi connectivity index (χ0n) is 12.5. The first-order chi connectivity index (χ1) is 10.7. The van der Waals surface area contributed by atoms with E-state index in [0.29, 0.717) is 24.1 Å². The molecule has 6 heteroatoms. The molecule has 3 aromatic rings. The van der Waals surface area contributed by atoms with E-state index >= 15 is 0 Å². The van der Waals surface area contributed by atoms with Crippen LogP contribution in [0.2, 0.25) is 0 Å². The molecule has 6 nitrogen and oxygen atoms in total. The predicted octanol–water partition coefficient (Wildman–Crippen LogP) is 3.44. The average Bonchev–Trinajstić information content (AvgIpc) is 2.91. The van der Waals surface area contributed by atoms with E-state index in [4.69, 9.17) is 4.52 Å². The van der Waals surface area contributed by atoms with Crippen LogP contribution >= 0.6 is 0 Å². The summed E-state index contributed by atoms with van der Waals surface area (Å²) in [4.78, 5) is 8.62. The molecule has 2 heterocycles. The summed E-state index contributed by atoms with van der Waals surface area (Å²) in [6, 6.07) is 11.9. The maximum atomic E-state index is 5.01. The van der Waals surface area contributed by atoms with Crippen LogP contribution in [-0.2, 0) is 6.54 Å². The lowest BCUT2D eigenvalue weighted by Crippen LogP contribution is -2.05. The third-order valence-electron chi connectivity index (χ3n) is 3.07. The monoisotopic (exact) mass is 295 g/mol. The van der Waals surface area contributed by atoms with Crippen molar-refractivity contribution >= 4 is 17.6 Å². The van der Waals surface area contributed by atoms with E-state index in [1.54, 1.807) is 12.3 Å². The summed E-state index contributed by atoms with van der Waals surface area (Å²) in [6.07, 6.45) is 1.70. The number of hydrogen-bond acceptors (Lipinski definition) is 6. The van der Waals surface area contributed by atoms with Crippen molar-refractivity contribution in [3.05, 3.63) is 59.5 Å². The molecule has 0 aliphatic rings. The van der Waals surface area contributed by atoms with Crippen LogP contribution in [0.15, 0.2) is 47.1 Å². The van der Waals surface area contributed by atoms with Crippen molar-refractivity contribution < 1.29 is 4.52 Å². The van der Waals surface area contributed by atoms with Crippen molar-refractivity contribution in [2.24, 2.45) is 0 Å². The largest absolute Gasteiger partial charge is 0.360 e. The molecule has 0 saturated heterocycles. The smallest absolute Gasteiger partial charge is 0.224 e. The second-order valence-electron chi connectivity index (χ2n) is 5.06. The summed E-state index contributed by atoms with van der Waals surface area (Å²) in [5.41, 5.74) is 2.42. The summed E-state index contributed by atoms with van der Waals surface area (Å²) in [5.74, 6) is 2.59. The second-order valence-corrected chi connectivity index (χ2v) is 5.06. The number of benzene rings is 1.